The summed E-state index contributed by atoms with van der Waals surface area (Å²) in [6, 6.07) is 8.19. The predicted molar refractivity (Wildman–Crippen MR) is 124 cm³/mol. The molecule has 0 aliphatic carbocycles. The van der Waals surface area contributed by atoms with Crippen LogP contribution < -0.4 is 15.4 Å². The lowest BCUT2D eigenvalue weighted by Gasteiger charge is -2.20. The maximum absolute atomic E-state index is 13.5. The van der Waals surface area contributed by atoms with E-state index in [1.54, 1.807) is 18.3 Å². The van der Waals surface area contributed by atoms with Crippen LogP contribution in [0, 0.1) is 0 Å². The Labute approximate surface area is 200 Å². The number of benzene rings is 1. The largest absolute Gasteiger partial charge is 0.492 e. The van der Waals surface area contributed by atoms with E-state index in [0.29, 0.717) is 5.69 Å². The highest BCUT2D eigenvalue weighted by Gasteiger charge is 2.32. The zero-order valence-electron chi connectivity index (χ0n) is 19.0. The molecule has 1 atom stereocenters. The maximum Gasteiger partial charge on any atom is 0.416 e. The molecule has 1 aliphatic heterocycles. The second kappa shape index (κ2) is 10.7. The van der Waals surface area contributed by atoms with Crippen molar-refractivity contribution in [2.75, 3.05) is 30.8 Å². The van der Waals surface area contributed by atoms with Crippen molar-refractivity contribution < 1.29 is 22.7 Å². The number of halogens is 3. The summed E-state index contributed by atoms with van der Waals surface area (Å²) in [5.41, 5.74) is -0.0674. The smallest absolute Gasteiger partial charge is 0.416 e. The quantitative estimate of drug-likeness (QED) is 0.492. The highest BCUT2D eigenvalue weighted by molar-refractivity contribution is 6.07. The number of pyridine rings is 1. The summed E-state index contributed by atoms with van der Waals surface area (Å²) >= 11 is 0. The molecule has 1 fully saturated rings. The molecule has 1 saturated heterocycles. The minimum Gasteiger partial charge on any atom is -0.492 e. The number of nitrogens with zero attached hydrogens (tertiary/aromatic N) is 4. The Bertz CT molecular complexity index is 1160. The van der Waals surface area contributed by atoms with Gasteiger partial charge in [0.05, 0.1) is 23.4 Å². The molecule has 2 aromatic heterocycles. The van der Waals surface area contributed by atoms with E-state index < -0.39 is 17.6 Å². The molecule has 0 radical (unpaired) electrons. The number of carbonyl (C=O) groups is 1. The van der Waals surface area contributed by atoms with Gasteiger partial charge in [0.2, 0.25) is 0 Å². The fourth-order valence-electron chi connectivity index (χ4n) is 3.83. The molecule has 3 aromatic rings. The van der Waals surface area contributed by atoms with Crippen molar-refractivity contribution in [3.8, 4) is 5.75 Å². The summed E-state index contributed by atoms with van der Waals surface area (Å²) in [4.78, 5) is 27.2. The molecule has 0 spiro atoms. The van der Waals surface area contributed by atoms with E-state index in [4.69, 9.17) is 4.74 Å². The summed E-state index contributed by atoms with van der Waals surface area (Å²) in [7, 11) is 1.96. The Hall–Kier alpha value is -3.73. The van der Waals surface area contributed by atoms with Crippen molar-refractivity contribution in [2.45, 2.75) is 31.6 Å². The third-order valence-corrected chi connectivity index (χ3v) is 5.74. The lowest BCUT2D eigenvalue weighted by molar-refractivity contribution is -0.137. The van der Waals surface area contributed by atoms with E-state index in [0.717, 1.165) is 31.5 Å². The minimum absolute atomic E-state index is 0.0230. The molecule has 1 aliphatic rings. The third kappa shape index (κ3) is 6.44. The van der Waals surface area contributed by atoms with Gasteiger partial charge in [0.25, 0.3) is 5.91 Å². The number of ether oxygens (including phenoxy) is 1. The van der Waals surface area contributed by atoms with Gasteiger partial charge in [0.15, 0.2) is 0 Å². The first-order valence-corrected chi connectivity index (χ1v) is 11.1. The number of likely N-dealkylation sites (tertiary alicyclic amines) is 1. The predicted octanol–water partition coefficient (Wildman–Crippen LogP) is 4.23. The summed E-state index contributed by atoms with van der Waals surface area (Å²) < 4.78 is 46.3. The number of likely N-dealkylation sites (N-methyl/N-ethyl adjacent to an activating group) is 1. The molecule has 3 heterocycles. The molecule has 2 N–H and O–H groups in total. The molecule has 184 valence electrons. The van der Waals surface area contributed by atoms with Gasteiger partial charge in [-0.2, -0.15) is 13.2 Å². The SMILES string of the molecule is CN1CCC[C@H]1COc1cc(NC(=O)c2cccnc2NCc2ccncn2)cc(C(F)(F)F)c1. The summed E-state index contributed by atoms with van der Waals surface area (Å²) in [5.74, 6) is -0.288. The summed E-state index contributed by atoms with van der Waals surface area (Å²) in [6.45, 7) is 1.48. The van der Waals surface area contributed by atoms with Gasteiger partial charge < -0.3 is 20.3 Å². The average molecular weight is 486 g/mol. The van der Waals surface area contributed by atoms with E-state index in [1.807, 2.05) is 7.05 Å². The van der Waals surface area contributed by atoms with Crippen LogP contribution in [0.5, 0.6) is 5.75 Å². The maximum atomic E-state index is 13.5. The number of hydrogen-bond donors (Lipinski definition) is 2. The van der Waals surface area contributed by atoms with Crippen molar-refractivity contribution in [2.24, 2.45) is 0 Å². The summed E-state index contributed by atoms with van der Waals surface area (Å²) in [6.07, 6.45) is 1.85. The van der Waals surface area contributed by atoms with Gasteiger partial charge in [-0.05, 0) is 56.8 Å². The van der Waals surface area contributed by atoms with Crippen LogP contribution in [0.4, 0.5) is 24.7 Å². The van der Waals surface area contributed by atoms with Crippen LogP contribution in [0.3, 0.4) is 0 Å². The Morgan fingerprint density at radius 3 is 2.77 bits per heavy atom. The molecule has 8 nitrogen and oxygen atoms in total. The third-order valence-electron chi connectivity index (χ3n) is 5.74. The van der Waals surface area contributed by atoms with Crippen molar-refractivity contribution in [3.63, 3.8) is 0 Å². The van der Waals surface area contributed by atoms with Crippen LogP contribution in [0.15, 0.2) is 55.1 Å². The topological polar surface area (TPSA) is 92.3 Å². The van der Waals surface area contributed by atoms with Gasteiger partial charge in [-0.1, -0.05) is 0 Å². The Morgan fingerprint density at radius 1 is 1.20 bits per heavy atom. The first-order chi connectivity index (χ1) is 16.8. The molecule has 0 bridgehead atoms. The van der Waals surface area contributed by atoms with E-state index in [-0.39, 0.29) is 42.0 Å². The molecule has 11 heteroatoms. The highest BCUT2D eigenvalue weighted by Crippen LogP contribution is 2.34. The zero-order valence-corrected chi connectivity index (χ0v) is 19.0. The number of amides is 1. The molecule has 1 amide bonds. The highest BCUT2D eigenvalue weighted by atomic mass is 19.4. The van der Waals surface area contributed by atoms with Gasteiger partial charge in [-0.15, -0.1) is 0 Å². The molecular weight excluding hydrogens is 461 g/mol. The number of carbonyl (C=O) groups excluding carboxylic acids is 1. The van der Waals surface area contributed by atoms with E-state index >= 15 is 0 Å². The number of anilines is 2. The van der Waals surface area contributed by atoms with Crippen molar-refractivity contribution in [1.29, 1.82) is 0 Å². The molecule has 35 heavy (non-hydrogen) atoms. The van der Waals surface area contributed by atoms with Crippen LogP contribution >= 0.6 is 0 Å². The number of alkyl halides is 3. The number of rotatable bonds is 8. The van der Waals surface area contributed by atoms with E-state index in [9.17, 15) is 18.0 Å². The molecule has 0 unspecified atom stereocenters. The lowest BCUT2D eigenvalue weighted by atomic mass is 10.1. The minimum atomic E-state index is -4.60. The van der Waals surface area contributed by atoms with Gasteiger partial charge in [0, 0.05) is 30.2 Å². The average Bonchev–Trinajstić information content (AvgIpc) is 3.26. The first-order valence-electron chi connectivity index (χ1n) is 11.1. The van der Waals surface area contributed by atoms with Gasteiger partial charge in [-0.3, -0.25) is 4.79 Å². The van der Waals surface area contributed by atoms with E-state index in [1.165, 1.54) is 24.7 Å². The number of aromatic nitrogens is 3. The number of nitrogens with one attached hydrogen (secondary N) is 2. The second-order valence-electron chi connectivity index (χ2n) is 8.24. The first kappa shape index (κ1) is 24.4. The molecule has 0 saturated carbocycles. The fourth-order valence-corrected chi connectivity index (χ4v) is 3.83. The van der Waals surface area contributed by atoms with Crippen LogP contribution in [0.25, 0.3) is 0 Å². The van der Waals surface area contributed by atoms with Gasteiger partial charge in [0.1, 0.15) is 24.5 Å². The Kier molecular flexibility index (Phi) is 7.45. The fraction of sp³-hybridized carbons (Fsp3) is 0.333. The Morgan fingerprint density at radius 2 is 2.06 bits per heavy atom. The van der Waals surface area contributed by atoms with Crippen molar-refractivity contribution >= 4 is 17.4 Å². The zero-order chi connectivity index (χ0) is 24.8. The van der Waals surface area contributed by atoms with Crippen LogP contribution in [0.1, 0.15) is 34.5 Å². The van der Waals surface area contributed by atoms with Crippen LogP contribution in [0.2, 0.25) is 0 Å². The monoisotopic (exact) mass is 486 g/mol. The van der Waals surface area contributed by atoms with Crippen molar-refractivity contribution in [1.82, 2.24) is 19.9 Å². The standard InChI is InChI=1S/C24H25F3N6O2/c1-33-9-3-4-19(33)14-35-20-11-16(24(25,26)27)10-18(12-20)32-23(34)21-5-2-7-29-22(21)30-13-17-6-8-28-15-31-17/h2,5-8,10-12,15,19H,3-4,9,13-14H2,1H3,(H,29,30)(H,32,34)/t19-/m0/s1. The van der Waals surface area contributed by atoms with Crippen LogP contribution in [-0.2, 0) is 12.7 Å². The van der Waals surface area contributed by atoms with Gasteiger partial charge >= 0.3 is 6.18 Å². The van der Waals surface area contributed by atoms with Gasteiger partial charge in [-0.25, -0.2) is 15.0 Å². The lowest BCUT2D eigenvalue weighted by Crippen LogP contribution is -2.30. The number of hydrogen-bond acceptors (Lipinski definition) is 7. The molecule has 4 rings (SSSR count). The second-order valence-corrected chi connectivity index (χ2v) is 8.24. The van der Waals surface area contributed by atoms with E-state index in [2.05, 4.69) is 30.5 Å². The summed E-state index contributed by atoms with van der Waals surface area (Å²) in [5, 5.41) is 5.58. The molecule has 1 aromatic carbocycles. The van der Waals surface area contributed by atoms with Crippen LogP contribution in [-0.4, -0.2) is 52.0 Å². The normalized spacial score (nSPS) is 16.2. The van der Waals surface area contributed by atoms with Crippen molar-refractivity contribution in [3.05, 3.63) is 71.9 Å². The Balaban J connectivity index is 1.51. The molecular formula is C24H25F3N6O2.